The molecule has 2 amide bonds. The van der Waals surface area contributed by atoms with Gasteiger partial charge in [0.1, 0.15) is 17.6 Å². The summed E-state index contributed by atoms with van der Waals surface area (Å²) < 4.78 is 5.14. The molecule has 0 saturated carbocycles. The SMILES string of the molecule is COc1ccc(N(C)C(=O)[C@H](CCc2ccccc2)NC(C)=O)cc1.Cc1ncccn1.[HH].[HH].[HH]. The van der Waals surface area contributed by atoms with Gasteiger partial charge in [0.25, 0.3) is 0 Å². The summed E-state index contributed by atoms with van der Waals surface area (Å²) in [5.41, 5.74) is 1.89. The molecular weight excluding hydrogens is 404 g/mol. The van der Waals surface area contributed by atoms with Crippen molar-refractivity contribution in [1.82, 2.24) is 15.3 Å². The lowest BCUT2D eigenvalue weighted by atomic mass is 10.0. The number of likely N-dealkylation sites (N-methyl/N-ethyl adjacent to an activating group) is 1. The molecule has 0 fully saturated rings. The van der Waals surface area contributed by atoms with Gasteiger partial charge in [-0.25, -0.2) is 9.97 Å². The first-order valence-electron chi connectivity index (χ1n) is 10.4. The predicted molar refractivity (Wildman–Crippen MR) is 132 cm³/mol. The summed E-state index contributed by atoms with van der Waals surface area (Å²) >= 11 is 0. The van der Waals surface area contributed by atoms with Crippen LogP contribution >= 0.6 is 0 Å². The van der Waals surface area contributed by atoms with Crippen molar-refractivity contribution in [2.75, 3.05) is 19.1 Å². The minimum absolute atomic E-state index is 0. The lowest BCUT2D eigenvalue weighted by Crippen LogP contribution is -2.47. The molecule has 3 aromatic rings. The molecule has 7 nitrogen and oxygen atoms in total. The number of nitrogens with one attached hydrogen (secondary N) is 1. The van der Waals surface area contributed by atoms with Crippen LogP contribution in [0.5, 0.6) is 5.75 Å². The van der Waals surface area contributed by atoms with E-state index in [4.69, 9.17) is 4.74 Å². The van der Waals surface area contributed by atoms with Crippen LogP contribution in [0, 0.1) is 6.92 Å². The molecule has 1 N–H and O–H groups in total. The van der Waals surface area contributed by atoms with Gasteiger partial charge in [-0.1, -0.05) is 30.3 Å². The molecule has 3 rings (SSSR count). The number of methoxy groups -OCH3 is 1. The van der Waals surface area contributed by atoms with Crippen molar-refractivity contribution >= 4 is 17.5 Å². The van der Waals surface area contributed by atoms with Crippen LogP contribution in [-0.2, 0) is 16.0 Å². The summed E-state index contributed by atoms with van der Waals surface area (Å²) in [6.45, 7) is 3.29. The number of aromatic nitrogens is 2. The summed E-state index contributed by atoms with van der Waals surface area (Å²) in [7, 11) is 3.31. The summed E-state index contributed by atoms with van der Waals surface area (Å²) in [6, 6.07) is 18.4. The number of hydrogen-bond acceptors (Lipinski definition) is 5. The minimum atomic E-state index is -0.565. The molecular formula is C25H36N4O3. The van der Waals surface area contributed by atoms with E-state index in [0.29, 0.717) is 12.8 Å². The molecule has 0 radical (unpaired) electrons. The van der Waals surface area contributed by atoms with Crippen LogP contribution < -0.4 is 15.0 Å². The maximum absolute atomic E-state index is 12.8. The van der Waals surface area contributed by atoms with Gasteiger partial charge in [-0.2, -0.15) is 0 Å². The fraction of sp³-hybridized carbons (Fsp3) is 0.280. The van der Waals surface area contributed by atoms with E-state index in [1.807, 2.05) is 49.4 Å². The lowest BCUT2D eigenvalue weighted by molar-refractivity contribution is -0.126. The van der Waals surface area contributed by atoms with Gasteiger partial charge >= 0.3 is 0 Å². The average molecular weight is 441 g/mol. The van der Waals surface area contributed by atoms with Gasteiger partial charge < -0.3 is 15.0 Å². The van der Waals surface area contributed by atoms with Crippen LogP contribution in [0.1, 0.15) is 29.0 Å². The highest BCUT2D eigenvalue weighted by Crippen LogP contribution is 2.19. The molecule has 1 atom stereocenters. The number of nitrogens with zero attached hydrogens (tertiary/aromatic N) is 3. The number of carbonyl (C=O) groups excluding carboxylic acids is 2. The maximum Gasteiger partial charge on any atom is 0.249 e. The van der Waals surface area contributed by atoms with Crippen molar-refractivity contribution in [3.8, 4) is 5.75 Å². The molecule has 174 valence electrons. The Morgan fingerprint density at radius 1 is 1.03 bits per heavy atom. The van der Waals surface area contributed by atoms with Crippen LogP contribution in [0.15, 0.2) is 73.1 Å². The van der Waals surface area contributed by atoms with E-state index >= 15 is 0 Å². The number of anilines is 1. The van der Waals surface area contributed by atoms with Gasteiger partial charge in [0.2, 0.25) is 11.8 Å². The van der Waals surface area contributed by atoms with Crippen molar-refractivity contribution in [2.24, 2.45) is 0 Å². The van der Waals surface area contributed by atoms with Crippen molar-refractivity contribution < 1.29 is 18.6 Å². The smallest absolute Gasteiger partial charge is 0.249 e. The van der Waals surface area contributed by atoms with Gasteiger partial charge in [0, 0.05) is 36.3 Å². The van der Waals surface area contributed by atoms with E-state index < -0.39 is 6.04 Å². The largest absolute Gasteiger partial charge is 0.497 e. The Balaban J connectivity index is 0. The third-order valence-corrected chi connectivity index (χ3v) is 4.73. The third-order valence-electron chi connectivity index (χ3n) is 4.73. The molecule has 1 aromatic heterocycles. The molecule has 2 aromatic carbocycles. The summed E-state index contributed by atoms with van der Waals surface area (Å²) in [5.74, 6) is 1.19. The van der Waals surface area contributed by atoms with E-state index in [1.54, 1.807) is 49.7 Å². The molecule has 0 unspecified atom stereocenters. The summed E-state index contributed by atoms with van der Waals surface area (Å²) in [4.78, 5) is 33.6. The van der Waals surface area contributed by atoms with Crippen LogP contribution in [0.3, 0.4) is 0 Å². The average Bonchev–Trinajstić information content (AvgIpc) is 2.82. The number of carbonyl (C=O) groups is 2. The highest BCUT2D eigenvalue weighted by Gasteiger charge is 2.23. The van der Waals surface area contributed by atoms with Crippen LogP contribution in [0.2, 0.25) is 0 Å². The molecule has 32 heavy (non-hydrogen) atoms. The standard InChI is InChI=1S/C20H24N2O3.C5H6N2.3H2/c1-15(23)21-19(14-9-16-7-5-4-6-8-16)20(24)22(2)17-10-12-18(25-3)13-11-17;1-5-6-3-2-4-7-5;;;/h4-8,10-13,19H,9,14H2,1-3H3,(H,21,23);2-4H,1H3;3*1H/t19-;;;;/m0..../s1. The monoisotopic (exact) mass is 440 g/mol. The second-order valence-electron chi connectivity index (χ2n) is 7.17. The van der Waals surface area contributed by atoms with Gasteiger partial charge in [0.15, 0.2) is 0 Å². The molecule has 0 spiro atoms. The molecule has 0 aliphatic heterocycles. The first kappa shape index (κ1) is 24.5. The van der Waals surface area contributed by atoms with Crippen molar-refractivity contribution in [2.45, 2.75) is 32.7 Å². The predicted octanol–water partition coefficient (Wildman–Crippen LogP) is 4.32. The van der Waals surface area contributed by atoms with Crippen molar-refractivity contribution in [1.29, 1.82) is 0 Å². The normalized spacial score (nSPS) is 10.9. The molecule has 7 heteroatoms. The number of hydrogen-bond donors (Lipinski definition) is 1. The molecule has 1 heterocycles. The van der Waals surface area contributed by atoms with E-state index in [0.717, 1.165) is 22.8 Å². The zero-order valence-corrected chi connectivity index (χ0v) is 19.0. The topological polar surface area (TPSA) is 84.4 Å². The Hall–Kier alpha value is -3.74. The van der Waals surface area contributed by atoms with Crippen LogP contribution in [-0.4, -0.2) is 42.0 Å². The third kappa shape index (κ3) is 8.18. The first-order chi connectivity index (χ1) is 15.4. The lowest BCUT2D eigenvalue weighted by Gasteiger charge is -2.24. The van der Waals surface area contributed by atoms with E-state index in [1.165, 1.54) is 6.92 Å². The Kier molecular flexibility index (Phi) is 9.84. The van der Waals surface area contributed by atoms with E-state index in [-0.39, 0.29) is 16.1 Å². The second-order valence-corrected chi connectivity index (χ2v) is 7.17. The number of amides is 2. The van der Waals surface area contributed by atoms with Gasteiger partial charge in [-0.15, -0.1) is 0 Å². The molecule has 0 aliphatic rings. The highest BCUT2D eigenvalue weighted by atomic mass is 16.5. The first-order valence-corrected chi connectivity index (χ1v) is 10.4. The Bertz CT molecular complexity index is 978. The maximum atomic E-state index is 12.8. The zero-order valence-electron chi connectivity index (χ0n) is 19.0. The van der Waals surface area contributed by atoms with E-state index in [9.17, 15) is 9.59 Å². The summed E-state index contributed by atoms with van der Waals surface area (Å²) in [6.07, 6.45) is 4.71. The molecule has 0 saturated heterocycles. The van der Waals surface area contributed by atoms with Crippen LogP contribution in [0.25, 0.3) is 0 Å². The van der Waals surface area contributed by atoms with E-state index in [2.05, 4.69) is 15.3 Å². The number of ether oxygens (including phenoxy) is 1. The van der Waals surface area contributed by atoms with Crippen LogP contribution in [0.4, 0.5) is 5.69 Å². The van der Waals surface area contributed by atoms with Crippen molar-refractivity contribution in [3.05, 3.63) is 84.4 Å². The number of rotatable bonds is 7. The Labute approximate surface area is 193 Å². The fourth-order valence-corrected chi connectivity index (χ4v) is 3.00. The Morgan fingerprint density at radius 3 is 2.16 bits per heavy atom. The number of aryl methyl sites for hydroxylation is 2. The highest BCUT2D eigenvalue weighted by molar-refractivity contribution is 5.98. The fourth-order valence-electron chi connectivity index (χ4n) is 3.00. The molecule has 0 aliphatic carbocycles. The van der Waals surface area contributed by atoms with Gasteiger partial charge in [0.05, 0.1) is 7.11 Å². The van der Waals surface area contributed by atoms with Crippen molar-refractivity contribution in [3.63, 3.8) is 0 Å². The quantitative estimate of drug-likeness (QED) is 0.591. The second kappa shape index (κ2) is 12.8. The summed E-state index contributed by atoms with van der Waals surface area (Å²) in [5, 5.41) is 2.77. The van der Waals surface area contributed by atoms with Gasteiger partial charge in [-0.05, 0) is 55.7 Å². The minimum Gasteiger partial charge on any atom is -0.497 e. The Morgan fingerprint density at radius 2 is 1.66 bits per heavy atom. The van der Waals surface area contributed by atoms with Gasteiger partial charge in [-0.3, -0.25) is 9.59 Å². The number of benzene rings is 2. The molecule has 0 bridgehead atoms. The zero-order chi connectivity index (χ0) is 23.3.